The molecule has 0 spiro atoms. The van der Waals surface area contributed by atoms with Gasteiger partial charge in [-0.25, -0.2) is 0 Å². The summed E-state index contributed by atoms with van der Waals surface area (Å²) in [6.07, 6.45) is 0. The third-order valence-corrected chi connectivity index (χ3v) is 4.38. The molecular formula is C16H17N5OS. The lowest BCUT2D eigenvalue weighted by atomic mass is 10.1. The van der Waals surface area contributed by atoms with E-state index in [4.69, 9.17) is 0 Å². The highest BCUT2D eigenvalue weighted by Crippen LogP contribution is 2.17. The molecule has 118 valence electrons. The highest BCUT2D eigenvalue weighted by Gasteiger charge is 2.14. The Hall–Kier alpha value is -2.54. The molecule has 0 saturated heterocycles. The smallest absolute Gasteiger partial charge is 0.246 e. The molecule has 1 amide bonds. The molecule has 0 aliphatic carbocycles. The first kappa shape index (κ1) is 15.4. The van der Waals surface area contributed by atoms with Gasteiger partial charge in [-0.2, -0.15) is 4.80 Å². The molecule has 1 aromatic carbocycles. The van der Waals surface area contributed by atoms with Crippen LogP contribution < -0.4 is 0 Å². The summed E-state index contributed by atoms with van der Waals surface area (Å²) in [7, 11) is 1.78. The van der Waals surface area contributed by atoms with Crippen LogP contribution in [0.3, 0.4) is 0 Å². The van der Waals surface area contributed by atoms with Crippen molar-refractivity contribution >= 4 is 17.2 Å². The zero-order valence-corrected chi connectivity index (χ0v) is 13.8. The number of benzene rings is 1. The summed E-state index contributed by atoms with van der Waals surface area (Å²) in [6, 6.07) is 11.8. The van der Waals surface area contributed by atoms with Gasteiger partial charge in [0.05, 0.1) is 6.54 Å². The summed E-state index contributed by atoms with van der Waals surface area (Å²) in [6.45, 7) is 2.67. The van der Waals surface area contributed by atoms with Crippen LogP contribution in [0.25, 0.3) is 11.4 Å². The Morgan fingerprint density at radius 3 is 2.83 bits per heavy atom. The van der Waals surface area contributed by atoms with Crippen molar-refractivity contribution in [1.29, 1.82) is 0 Å². The molecule has 3 rings (SSSR count). The molecule has 0 aliphatic heterocycles. The Labute approximate surface area is 138 Å². The van der Waals surface area contributed by atoms with E-state index in [1.807, 2.05) is 48.7 Å². The van der Waals surface area contributed by atoms with Gasteiger partial charge in [0.15, 0.2) is 0 Å². The summed E-state index contributed by atoms with van der Waals surface area (Å²) in [5, 5.41) is 14.3. The average Bonchev–Trinajstić information content (AvgIpc) is 3.19. The van der Waals surface area contributed by atoms with Crippen LogP contribution in [0.15, 0.2) is 41.8 Å². The van der Waals surface area contributed by atoms with Gasteiger partial charge in [-0.1, -0.05) is 30.3 Å². The van der Waals surface area contributed by atoms with Crippen LogP contribution in [0.1, 0.15) is 10.4 Å². The highest BCUT2D eigenvalue weighted by atomic mass is 32.1. The molecule has 0 saturated carbocycles. The highest BCUT2D eigenvalue weighted by molar-refractivity contribution is 7.09. The molecule has 7 heteroatoms. The van der Waals surface area contributed by atoms with Gasteiger partial charge < -0.3 is 4.90 Å². The van der Waals surface area contributed by atoms with Crippen molar-refractivity contribution in [3.05, 3.63) is 52.2 Å². The predicted octanol–water partition coefficient (Wildman–Crippen LogP) is 2.37. The summed E-state index contributed by atoms with van der Waals surface area (Å²) < 4.78 is 0. The van der Waals surface area contributed by atoms with E-state index in [-0.39, 0.29) is 12.5 Å². The number of aromatic nitrogens is 4. The number of thiophene rings is 1. The van der Waals surface area contributed by atoms with Gasteiger partial charge in [0.2, 0.25) is 11.7 Å². The third kappa shape index (κ3) is 3.62. The van der Waals surface area contributed by atoms with Gasteiger partial charge in [0.1, 0.15) is 6.54 Å². The second kappa shape index (κ2) is 6.70. The van der Waals surface area contributed by atoms with Crippen LogP contribution in [0, 0.1) is 6.92 Å². The van der Waals surface area contributed by atoms with Crippen LogP contribution in [0.5, 0.6) is 0 Å². The summed E-state index contributed by atoms with van der Waals surface area (Å²) in [5.74, 6) is 0.490. The van der Waals surface area contributed by atoms with Gasteiger partial charge in [0, 0.05) is 17.5 Å². The molecule has 2 aromatic heterocycles. The first-order valence-electron chi connectivity index (χ1n) is 7.23. The maximum atomic E-state index is 12.3. The Kier molecular flexibility index (Phi) is 4.47. The lowest BCUT2D eigenvalue weighted by Gasteiger charge is -2.15. The number of nitrogens with zero attached hydrogens (tertiary/aromatic N) is 5. The minimum absolute atomic E-state index is 0.0490. The normalized spacial score (nSPS) is 10.7. The van der Waals surface area contributed by atoms with E-state index in [0.29, 0.717) is 12.4 Å². The van der Waals surface area contributed by atoms with Crippen LogP contribution in [-0.4, -0.2) is 38.1 Å². The standard InChI is InChI=1S/C16H17N5OS/c1-12-6-3-4-8-14(12)16-17-19-21(18-16)11-15(22)20(2)10-13-7-5-9-23-13/h3-9H,10-11H2,1-2H3. The van der Waals surface area contributed by atoms with E-state index in [1.165, 1.54) is 4.80 Å². The van der Waals surface area contributed by atoms with Crippen LogP contribution in [0.4, 0.5) is 0 Å². The second-order valence-electron chi connectivity index (χ2n) is 5.29. The molecule has 3 aromatic rings. The summed E-state index contributed by atoms with van der Waals surface area (Å²) >= 11 is 1.63. The molecule has 2 heterocycles. The fourth-order valence-electron chi connectivity index (χ4n) is 2.21. The van der Waals surface area contributed by atoms with Crippen LogP contribution in [0.2, 0.25) is 0 Å². The maximum Gasteiger partial charge on any atom is 0.246 e. The van der Waals surface area contributed by atoms with Crippen molar-refractivity contribution in [2.75, 3.05) is 7.05 Å². The number of hydrogen-bond donors (Lipinski definition) is 0. The average molecular weight is 327 g/mol. The van der Waals surface area contributed by atoms with E-state index in [2.05, 4.69) is 15.4 Å². The first-order chi connectivity index (χ1) is 11.1. The van der Waals surface area contributed by atoms with E-state index in [9.17, 15) is 4.79 Å². The molecule has 0 aliphatic rings. The number of aryl methyl sites for hydroxylation is 1. The molecule has 0 radical (unpaired) electrons. The first-order valence-corrected chi connectivity index (χ1v) is 8.11. The van der Waals surface area contributed by atoms with E-state index < -0.39 is 0 Å². The molecule has 23 heavy (non-hydrogen) atoms. The Balaban J connectivity index is 1.67. The topological polar surface area (TPSA) is 63.9 Å². The summed E-state index contributed by atoms with van der Waals surface area (Å²) in [4.78, 5) is 16.4. The Morgan fingerprint density at radius 1 is 1.26 bits per heavy atom. The van der Waals surface area contributed by atoms with E-state index in [0.717, 1.165) is 16.0 Å². The van der Waals surface area contributed by atoms with Crippen molar-refractivity contribution in [2.45, 2.75) is 20.0 Å². The van der Waals surface area contributed by atoms with Gasteiger partial charge in [-0.3, -0.25) is 4.79 Å². The van der Waals surface area contributed by atoms with Gasteiger partial charge in [-0.15, -0.1) is 21.5 Å². The molecule has 0 N–H and O–H groups in total. The third-order valence-electron chi connectivity index (χ3n) is 3.51. The van der Waals surface area contributed by atoms with Crippen molar-refractivity contribution in [1.82, 2.24) is 25.1 Å². The zero-order valence-electron chi connectivity index (χ0n) is 13.0. The van der Waals surface area contributed by atoms with Gasteiger partial charge in [0.25, 0.3) is 0 Å². The zero-order chi connectivity index (χ0) is 16.2. The van der Waals surface area contributed by atoms with Crippen molar-refractivity contribution in [3.63, 3.8) is 0 Å². The molecule has 0 bridgehead atoms. The lowest BCUT2D eigenvalue weighted by Crippen LogP contribution is -2.30. The molecular weight excluding hydrogens is 310 g/mol. The number of amides is 1. The number of likely N-dealkylation sites (N-methyl/N-ethyl adjacent to an activating group) is 1. The van der Waals surface area contributed by atoms with Gasteiger partial charge >= 0.3 is 0 Å². The van der Waals surface area contributed by atoms with E-state index >= 15 is 0 Å². The predicted molar refractivity (Wildman–Crippen MR) is 88.8 cm³/mol. The largest absolute Gasteiger partial charge is 0.339 e. The monoisotopic (exact) mass is 327 g/mol. The quantitative estimate of drug-likeness (QED) is 0.722. The van der Waals surface area contributed by atoms with Gasteiger partial charge in [-0.05, 0) is 29.1 Å². The number of tetrazole rings is 1. The van der Waals surface area contributed by atoms with Crippen molar-refractivity contribution < 1.29 is 4.79 Å². The number of rotatable bonds is 5. The summed E-state index contributed by atoms with van der Waals surface area (Å²) in [5.41, 5.74) is 2.01. The lowest BCUT2D eigenvalue weighted by molar-refractivity contribution is -0.131. The Morgan fingerprint density at radius 2 is 2.09 bits per heavy atom. The number of hydrogen-bond acceptors (Lipinski definition) is 5. The number of carbonyl (C=O) groups excluding carboxylic acids is 1. The minimum atomic E-state index is -0.0490. The minimum Gasteiger partial charge on any atom is -0.339 e. The van der Waals surface area contributed by atoms with Crippen molar-refractivity contribution in [3.8, 4) is 11.4 Å². The van der Waals surface area contributed by atoms with E-state index in [1.54, 1.807) is 23.3 Å². The van der Waals surface area contributed by atoms with Crippen LogP contribution in [-0.2, 0) is 17.9 Å². The van der Waals surface area contributed by atoms with Crippen molar-refractivity contribution in [2.24, 2.45) is 0 Å². The Bertz CT molecular complexity index is 796. The number of carbonyl (C=O) groups is 1. The fraction of sp³-hybridized carbons (Fsp3) is 0.250. The molecule has 6 nitrogen and oxygen atoms in total. The molecule has 0 fully saturated rings. The van der Waals surface area contributed by atoms with Crippen LogP contribution >= 0.6 is 11.3 Å². The molecule has 0 unspecified atom stereocenters. The second-order valence-corrected chi connectivity index (χ2v) is 6.32. The SMILES string of the molecule is Cc1ccccc1-c1nnn(CC(=O)N(C)Cc2cccs2)n1. The maximum absolute atomic E-state index is 12.3. The fourth-order valence-corrected chi connectivity index (χ4v) is 2.97. The molecule has 0 atom stereocenters.